The highest BCUT2D eigenvalue weighted by molar-refractivity contribution is 9.10. The molecule has 182 valence electrons. The predicted octanol–water partition coefficient (Wildman–Crippen LogP) is 7.03. The van der Waals surface area contributed by atoms with Crippen molar-refractivity contribution < 1.29 is 18.5 Å². The van der Waals surface area contributed by atoms with Crippen molar-refractivity contribution >= 4 is 79.5 Å². The molecule has 1 N–H and O–H groups in total. The van der Waals surface area contributed by atoms with E-state index in [2.05, 4.69) is 26.4 Å². The first-order chi connectivity index (χ1) is 16.0. The molecule has 2 aromatic rings. The molecule has 1 aliphatic heterocycles. The van der Waals surface area contributed by atoms with Crippen LogP contribution in [0.3, 0.4) is 0 Å². The van der Waals surface area contributed by atoms with Crippen molar-refractivity contribution in [2.75, 3.05) is 11.5 Å². The van der Waals surface area contributed by atoms with Gasteiger partial charge in [0.15, 0.2) is 0 Å². The first kappa shape index (κ1) is 27.1. The molecule has 0 radical (unpaired) electrons. The van der Waals surface area contributed by atoms with E-state index in [9.17, 15) is 18.9 Å². The average Bonchev–Trinajstić information content (AvgIpc) is 3.22. The smallest absolute Gasteiger partial charge is 0.367 e. The zero-order valence-corrected chi connectivity index (χ0v) is 22.3. The van der Waals surface area contributed by atoms with Crippen LogP contribution in [0.4, 0.5) is 14.5 Å². The highest BCUT2D eigenvalue weighted by atomic mass is 79.9. The average molecular weight is 613 g/mol. The number of hydrogen-bond donors (Lipinski definition) is 1. The number of oxime groups is 1. The van der Waals surface area contributed by atoms with Crippen LogP contribution in [0.15, 0.2) is 46.0 Å². The second kappa shape index (κ2) is 11.0. The third kappa shape index (κ3) is 5.99. The van der Waals surface area contributed by atoms with Gasteiger partial charge in [0.2, 0.25) is 5.60 Å². The first-order valence-electron chi connectivity index (χ1n) is 9.87. The van der Waals surface area contributed by atoms with Crippen molar-refractivity contribution in [3.63, 3.8) is 0 Å². The van der Waals surface area contributed by atoms with E-state index in [0.717, 1.165) is 5.75 Å². The molecule has 0 amide bonds. The van der Waals surface area contributed by atoms with Gasteiger partial charge >= 0.3 is 5.38 Å². The van der Waals surface area contributed by atoms with Crippen molar-refractivity contribution in [2.24, 2.45) is 5.16 Å². The molecule has 0 saturated heterocycles. The Morgan fingerprint density at radius 2 is 2.15 bits per heavy atom. The van der Waals surface area contributed by atoms with E-state index >= 15 is 0 Å². The van der Waals surface area contributed by atoms with E-state index in [1.165, 1.54) is 30.3 Å². The number of rotatable bonds is 9. The molecular formula is C21H18BrCl2F2N3O3S2. The summed E-state index contributed by atoms with van der Waals surface area (Å²) in [7, 11) is 0. The maximum atomic E-state index is 14.6. The number of alkyl halides is 3. The summed E-state index contributed by atoms with van der Waals surface area (Å²) in [4.78, 5) is 17.0. The Bertz CT molecular complexity index is 1130. The van der Waals surface area contributed by atoms with Crippen LogP contribution in [-0.4, -0.2) is 32.5 Å². The summed E-state index contributed by atoms with van der Waals surface area (Å²) in [5, 5.41) is 14.9. The zero-order chi connectivity index (χ0) is 25.1. The Morgan fingerprint density at radius 1 is 1.41 bits per heavy atom. The van der Waals surface area contributed by atoms with Crippen molar-refractivity contribution in [2.45, 2.75) is 30.9 Å². The number of nitrogens with one attached hydrogen (secondary N) is 1. The number of nitrogens with zero attached hydrogens (tertiary/aromatic N) is 2. The maximum absolute atomic E-state index is 14.6. The number of thiocarbonyl (C=S) groups is 1. The van der Waals surface area contributed by atoms with Gasteiger partial charge in [-0.05, 0) is 41.6 Å². The number of halogens is 5. The van der Waals surface area contributed by atoms with Gasteiger partial charge in [0.25, 0.3) is 5.69 Å². The van der Waals surface area contributed by atoms with E-state index < -0.39 is 22.3 Å². The molecule has 0 spiro atoms. The lowest BCUT2D eigenvalue weighted by Crippen LogP contribution is -2.42. The molecule has 1 aliphatic rings. The SMILES string of the molecule is CCSCC(=S)NCc1ccc(C2=NOC(c3cc(Cl)cc(Br)c3)(C(F)(F)Cl)C2)cc1[N+](=O)[O-]. The Labute approximate surface area is 222 Å². The van der Waals surface area contributed by atoms with Gasteiger partial charge < -0.3 is 10.2 Å². The largest absolute Gasteiger partial charge is 0.376 e. The van der Waals surface area contributed by atoms with Crippen LogP contribution in [0.25, 0.3) is 0 Å². The summed E-state index contributed by atoms with van der Waals surface area (Å²) in [5.74, 6) is 1.51. The van der Waals surface area contributed by atoms with E-state index in [4.69, 9.17) is 40.3 Å². The number of nitro groups is 1. The third-order valence-electron chi connectivity index (χ3n) is 5.04. The minimum atomic E-state index is -3.86. The summed E-state index contributed by atoms with van der Waals surface area (Å²) in [6.07, 6.45) is -0.427. The lowest BCUT2D eigenvalue weighted by molar-refractivity contribution is -0.385. The fourth-order valence-corrected chi connectivity index (χ4v) is 5.23. The summed E-state index contributed by atoms with van der Waals surface area (Å²) in [5.41, 5.74) is -1.77. The Hall–Kier alpha value is -1.53. The lowest BCUT2D eigenvalue weighted by Gasteiger charge is -2.31. The normalized spacial score (nSPS) is 17.8. The van der Waals surface area contributed by atoms with E-state index in [0.29, 0.717) is 20.8 Å². The van der Waals surface area contributed by atoms with E-state index in [1.807, 2.05) is 6.92 Å². The number of hydrogen-bond acceptors (Lipinski definition) is 6. The van der Waals surface area contributed by atoms with Gasteiger partial charge in [-0.2, -0.15) is 20.5 Å². The molecule has 13 heteroatoms. The molecule has 1 atom stereocenters. The molecule has 0 aliphatic carbocycles. The van der Waals surface area contributed by atoms with Crippen molar-refractivity contribution in [3.8, 4) is 0 Å². The molecule has 1 heterocycles. The van der Waals surface area contributed by atoms with Gasteiger partial charge in [-0.1, -0.05) is 57.9 Å². The molecule has 0 fully saturated rings. The van der Waals surface area contributed by atoms with Crippen LogP contribution < -0.4 is 5.32 Å². The summed E-state index contributed by atoms with van der Waals surface area (Å²) in [6.45, 7) is 2.16. The zero-order valence-electron chi connectivity index (χ0n) is 17.6. The minimum absolute atomic E-state index is 0.0133. The van der Waals surface area contributed by atoms with Gasteiger partial charge in [-0.25, -0.2) is 0 Å². The Balaban J connectivity index is 1.89. The Morgan fingerprint density at radius 3 is 2.76 bits per heavy atom. The highest BCUT2D eigenvalue weighted by Gasteiger charge is 2.60. The summed E-state index contributed by atoms with van der Waals surface area (Å²) in [6, 6.07) is 8.64. The monoisotopic (exact) mass is 611 g/mol. The van der Waals surface area contributed by atoms with Crippen molar-refractivity contribution in [1.29, 1.82) is 0 Å². The van der Waals surface area contributed by atoms with E-state index in [-0.39, 0.29) is 34.1 Å². The van der Waals surface area contributed by atoms with Gasteiger partial charge in [-0.15, -0.1) is 0 Å². The molecule has 6 nitrogen and oxygen atoms in total. The molecule has 0 bridgehead atoms. The summed E-state index contributed by atoms with van der Waals surface area (Å²) >= 11 is 21.6. The molecule has 0 saturated carbocycles. The van der Waals surface area contributed by atoms with Crippen LogP contribution in [0, 0.1) is 10.1 Å². The number of benzene rings is 2. The van der Waals surface area contributed by atoms with Gasteiger partial charge in [0.1, 0.15) is 0 Å². The van der Waals surface area contributed by atoms with Gasteiger partial charge in [-0.3, -0.25) is 10.1 Å². The minimum Gasteiger partial charge on any atom is -0.376 e. The number of nitro benzene ring substituents is 1. The standard InChI is InChI=1S/C21H18BrCl2F2N3O3S2/c1-2-34-11-19(33)27-10-13-4-3-12(5-18(13)29(30)31)17-9-20(32-28-17,21(24,25)26)14-6-15(22)8-16(23)7-14/h3-8H,2,9-11H2,1H3,(H,27,33). The maximum Gasteiger partial charge on any atom is 0.367 e. The third-order valence-corrected chi connectivity index (χ3v) is 7.40. The Kier molecular flexibility index (Phi) is 8.78. The van der Waals surface area contributed by atoms with E-state index in [1.54, 1.807) is 17.8 Å². The molecular weight excluding hydrogens is 595 g/mol. The van der Waals surface area contributed by atoms with Crippen LogP contribution in [0.2, 0.25) is 5.02 Å². The molecule has 0 aromatic heterocycles. The predicted molar refractivity (Wildman–Crippen MR) is 139 cm³/mol. The molecule has 34 heavy (non-hydrogen) atoms. The number of thioether (sulfide) groups is 1. The second-order valence-corrected chi connectivity index (χ2v) is 10.9. The van der Waals surface area contributed by atoms with Crippen molar-refractivity contribution in [3.05, 3.63) is 72.7 Å². The first-order valence-corrected chi connectivity index (χ1v) is 13.0. The van der Waals surface area contributed by atoms with Crippen LogP contribution >= 0.6 is 63.1 Å². The fourth-order valence-electron chi connectivity index (χ4n) is 3.35. The topological polar surface area (TPSA) is 76.8 Å². The van der Waals surface area contributed by atoms with Gasteiger partial charge in [0.05, 0.1) is 15.6 Å². The fraction of sp³-hybridized carbons (Fsp3) is 0.333. The highest BCUT2D eigenvalue weighted by Crippen LogP contribution is 2.51. The van der Waals surface area contributed by atoms with Crippen LogP contribution in [0.5, 0.6) is 0 Å². The molecule has 3 rings (SSSR count). The van der Waals surface area contributed by atoms with Crippen LogP contribution in [-0.2, 0) is 17.0 Å². The quantitative estimate of drug-likeness (QED) is 0.142. The molecule has 2 aromatic carbocycles. The lowest BCUT2D eigenvalue weighted by atomic mass is 9.87. The van der Waals surface area contributed by atoms with Gasteiger partial charge in [0, 0.05) is 51.0 Å². The second-order valence-electron chi connectivity index (χ2n) is 7.30. The van der Waals surface area contributed by atoms with Crippen molar-refractivity contribution in [1.82, 2.24) is 5.32 Å². The summed E-state index contributed by atoms with van der Waals surface area (Å²) < 4.78 is 29.7. The van der Waals surface area contributed by atoms with Crippen LogP contribution in [0.1, 0.15) is 30.0 Å². The molecule has 1 unspecified atom stereocenters.